The summed E-state index contributed by atoms with van der Waals surface area (Å²) in [5.74, 6) is -0.743. The summed E-state index contributed by atoms with van der Waals surface area (Å²) in [4.78, 5) is 24.7. The average molecular weight is 463 g/mol. The fraction of sp³-hybridized carbons (Fsp3) is 0. The van der Waals surface area contributed by atoms with Crippen LogP contribution in [0.25, 0.3) is 22.2 Å². The zero-order chi connectivity index (χ0) is 21.3. The minimum atomic E-state index is -1.80. The molecule has 0 fully saturated rings. The van der Waals surface area contributed by atoms with Crippen LogP contribution in [0.2, 0.25) is 4.34 Å². The van der Waals surface area contributed by atoms with Crippen LogP contribution in [0.3, 0.4) is 0 Å². The average Bonchev–Trinajstić information content (AvgIpc) is 3.16. The number of thiophene rings is 1. The highest BCUT2D eigenvalue weighted by Gasteiger charge is 2.15. The van der Waals surface area contributed by atoms with Gasteiger partial charge < -0.3 is 5.32 Å². The lowest BCUT2D eigenvalue weighted by Crippen LogP contribution is -2.30. The van der Waals surface area contributed by atoms with Crippen LogP contribution in [0.15, 0.2) is 63.6 Å². The van der Waals surface area contributed by atoms with E-state index in [4.69, 9.17) is 11.6 Å². The molecule has 152 valence electrons. The van der Waals surface area contributed by atoms with Crippen molar-refractivity contribution in [3.63, 3.8) is 0 Å². The molecule has 2 aromatic carbocycles. The predicted octanol–water partition coefficient (Wildman–Crippen LogP) is 4.29. The number of aromatic nitrogens is 2. The second kappa shape index (κ2) is 8.34. The molecule has 0 aliphatic heterocycles. The zero-order valence-electron chi connectivity index (χ0n) is 14.9. The van der Waals surface area contributed by atoms with Crippen LogP contribution in [0, 0.1) is 5.82 Å². The van der Waals surface area contributed by atoms with E-state index in [1.807, 2.05) is 0 Å². The summed E-state index contributed by atoms with van der Waals surface area (Å²) in [6, 6.07) is 12.9. The fourth-order valence-electron chi connectivity index (χ4n) is 2.73. The van der Waals surface area contributed by atoms with Gasteiger partial charge in [0.25, 0.3) is 0 Å². The van der Waals surface area contributed by atoms with Crippen molar-refractivity contribution in [2.24, 2.45) is 0 Å². The molecule has 0 aliphatic rings. The van der Waals surface area contributed by atoms with E-state index < -0.39 is 28.3 Å². The molecule has 0 spiro atoms. The number of aromatic amines is 1. The molecule has 2 aromatic heterocycles. The Balaban J connectivity index is 1.54. The number of hydrogen-bond acceptors (Lipinski definition) is 5. The molecule has 11 heteroatoms. The van der Waals surface area contributed by atoms with Gasteiger partial charge in [-0.3, -0.25) is 14.6 Å². The SMILES string of the molecule is O=C(Nc1ccc(-c2n[nH]c3ccccc3c2=O)c(F)c1)NS(=O)c1ccc(Cl)s1. The highest BCUT2D eigenvalue weighted by Crippen LogP contribution is 2.24. The number of carbonyl (C=O) groups excluding carboxylic acids is 1. The van der Waals surface area contributed by atoms with Crippen molar-refractivity contribution in [1.82, 2.24) is 14.9 Å². The van der Waals surface area contributed by atoms with E-state index in [9.17, 15) is 18.2 Å². The second-order valence-electron chi connectivity index (χ2n) is 6.03. The number of amides is 2. The molecule has 0 bridgehead atoms. The number of nitrogens with one attached hydrogen (secondary N) is 3. The Morgan fingerprint density at radius 3 is 2.70 bits per heavy atom. The van der Waals surface area contributed by atoms with Crippen molar-refractivity contribution in [3.05, 3.63) is 75.0 Å². The van der Waals surface area contributed by atoms with E-state index in [0.29, 0.717) is 19.4 Å². The molecular weight excluding hydrogens is 451 g/mol. The Hall–Kier alpha value is -3.08. The molecule has 0 radical (unpaired) electrons. The van der Waals surface area contributed by atoms with Crippen molar-refractivity contribution in [2.75, 3.05) is 5.32 Å². The number of rotatable bonds is 4. The van der Waals surface area contributed by atoms with Gasteiger partial charge in [0.05, 0.1) is 9.85 Å². The van der Waals surface area contributed by atoms with Crippen molar-refractivity contribution in [3.8, 4) is 11.3 Å². The molecule has 7 nitrogen and oxygen atoms in total. The summed E-state index contributed by atoms with van der Waals surface area (Å²) in [5, 5.41) is 9.49. The fourth-order valence-corrected chi connectivity index (χ4v) is 4.85. The van der Waals surface area contributed by atoms with Crippen LogP contribution in [-0.4, -0.2) is 20.4 Å². The second-order valence-corrected chi connectivity index (χ2v) is 9.18. The van der Waals surface area contributed by atoms with Gasteiger partial charge in [0.2, 0.25) is 5.43 Å². The highest BCUT2D eigenvalue weighted by molar-refractivity contribution is 7.86. The number of benzene rings is 2. The molecule has 2 amide bonds. The summed E-state index contributed by atoms with van der Waals surface area (Å²) in [6.45, 7) is 0. The van der Waals surface area contributed by atoms with Crippen LogP contribution in [0.5, 0.6) is 0 Å². The van der Waals surface area contributed by atoms with Gasteiger partial charge >= 0.3 is 6.03 Å². The van der Waals surface area contributed by atoms with Crippen LogP contribution in [0.1, 0.15) is 0 Å². The van der Waals surface area contributed by atoms with Gasteiger partial charge in [0.1, 0.15) is 15.7 Å². The Kier molecular flexibility index (Phi) is 5.62. The molecule has 4 aromatic rings. The van der Waals surface area contributed by atoms with Crippen LogP contribution in [0.4, 0.5) is 14.9 Å². The Morgan fingerprint density at radius 1 is 1.17 bits per heavy atom. The smallest absolute Gasteiger partial charge is 0.307 e. The Morgan fingerprint density at radius 2 is 1.97 bits per heavy atom. The third-order valence-electron chi connectivity index (χ3n) is 4.07. The molecule has 3 N–H and O–H groups in total. The number of halogens is 2. The number of carbonyl (C=O) groups is 1. The van der Waals surface area contributed by atoms with E-state index >= 15 is 0 Å². The Bertz CT molecular complexity index is 1360. The molecule has 2 heterocycles. The topological polar surface area (TPSA) is 104 Å². The summed E-state index contributed by atoms with van der Waals surface area (Å²) in [6.07, 6.45) is 0. The first-order valence-corrected chi connectivity index (χ1v) is 10.8. The first-order chi connectivity index (χ1) is 14.4. The van der Waals surface area contributed by atoms with E-state index in [1.165, 1.54) is 18.2 Å². The monoisotopic (exact) mass is 462 g/mol. The van der Waals surface area contributed by atoms with Gasteiger partial charge in [-0.1, -0.05) is 23.7 Å². The number of urea groups is 1. The van der Waals surface area contributed by atoms with Gasteiger partial charge in [-0.15, -0.1) is 11.3 Å². The molecule has 30 heavy (non-hydrogen) atoms. The minimum Gasteiger partial charge on any atom is -0.307 e. The van der Waals surface area contributed by atoms with Crippen molar-refractivity contribution in [2.45, 2.75) is 4.21 Å². The van der Waals surface area contributed by atoms with Gasteiger partial charge in [-0.25, -0.2) is 13.4 Å². The third-order valence-corrected chi connectivity index (χ3v) is 6.68. The molecule has 0 saturated heterocycles. The van der Waals surface area contributed by atoms with E-state index in [0.717, 1.165) is 17.4 Å². The maximum atomic E-state index is 14.7. The Labute approximate surface area is 180 Å². The van der Waals surface area contributed by atoms with Crippen LogP contribution < -0.4 is 15.5 Å². The number of fused-ring (bicyclic) bond motifs is 1. The number of hydrogen-bond donors (Lipinski definition) is 3. The summed E-state index contributed by atoms with van der Waals surface area (Å²) in [5.41, 5.74) is 0.170. The molecule has 0 saturated carbocycles. The zero-order valence-corrected chi connectivity index (χ0v) is 17.3. The van der Waals surface area contributed by atoms with Crippen LogP contribution >= 0.6 is 22.9 Å². The van der Waals surface area contributed by atoms with Crippen molar-refractivity contribution < 1.29 is 13.4 Å². The van der Waals surface area contributed by atoms with Crippen molar-refractivity contribution >= 4 is 56.5 Å². The van der Waals surface area contributed by atoms with Gasteiger partial charge in [0, 0.05) is 16.6 Å². The van der Waals surface area contributed by atoms with Crippen molar-refractivity contribution in [1.29, 1.82) is 0 Å². The molecule has 1 atom stereocenters. The largest absolute Gasteiger partial charge is 0.331 e. The van der Waals surface area contributed by atoms with E-state index in [-0.39, 0.29) is 16.9 Å². The minimum absolute atomic E-state index is 0.00948. The first-order valence-electron chi connectivity index (χ1n) is 8.44. The highest BCUT2D eigenvalue weighted by atomic mass is 35.5. The quantitative estimate of drug-likeness (QED) is 0.421. The maximum Gasteiger partial charge on any atom is 0.331 e. The molecule has 0 aliphatic carbocycles. The number of H-pyrrole nitrogens is 1. The lowest BCUT2D eigenvalue weighted by atomic mass is 10.1. The lowest BCUT2D eigenvalue weighted by Gasteiger charge is -2.08. The van der Waals surface area contributed by atoms with E-state index in [2.05, 4.69) is 20.2 Å². The molecule has 1 unspecified atom stereocenters. The molecular formula is C19H12ClFN4O3S2. The van der Waals surface area contributed by atoms with Gasteiger partial charge in [0.15, 0.2) is 11.0 Å². The number of para-hydroxylation sites is 1. The predicted molar refractivity (Wildman–Crippen MR) is 116 cm³/mol. The van der Waals surface area contributed by atoms with E-state index in [1.54, 1.807) is 30.3 Å². The summed E-state index contributed by atoms with van der Waals surface area (Å²) >= 11 is 6.85. The van der Waals surface area contributed by atoms with Gasteiger partial charge in [-0.05, 0) is 42.5 Å². The number of anilines is 1. The summed E-state index contributed by atoms with van der Waals surface area (Å²) in [7, 11) is -1.80. The normalized spacial score (nSPS) is 11.9. The third kappa shape index (κ3) is 4.11. The van der Waals surface area contributed by atoms with Crippen LogP contribution in [-0.2, 0) is 11.0 Å². The van der Waals surface area contributed by atoms with Gasteiger partial charge in [-0.2, -0.15) is 5.10 Å². The molecule has 4 rings (SSSR count). The first kappa shape index (κ1) is 20.2. The number of nitrogens with zero attached hydrogens (tertiary/aromatic N) is 1. The maximum absolute atomic E-state index is 14.7. The lowest BCUT2D eigenvalue weighted by molar-refractivity contribution is 0.257. The standard InChI is InChI=1S/C19H12ClFN4O3S2/c20-15-7-8-16(29-15)30(28)25-19(27)22-10-5-6-11(13(21)9-10)17-18(26)12-3-1-2-4-14(12)23-24-17/h1-9H,(H,23,26)(H2,22,25,27). The summed E-state index contributed by atoms with van der Waals surface area (Å²) < 4.78 is 29.8.